The topological polar surface area (TPSA) is 129 Å². The third-order valence-electron chi connectivity index (χ3n) is 7.00. The number of anilines is 2. The highest BCUT2D eigenvalue weighted by Gasteiger charge is 2.35. The second-order valence-corrected chi connectivity index (χ2v) is 10.2. The number of urea groups is 1. The summed E-state index contributed by atoms with van der Waals surface area (Å²) < 4.78 is 7.97. The van der Waals surface area contributed by atoms with Crippen LogP contribution in [-0.4, -0.2) is 81.4 Å². The van der Waals surface area contributed by atoms with E-state index < -0.39 is 18.1 Å². The molecule has 212 valence electrons. The SMILES string of the molecule is Cc1cc(C(=O)Nc2cccc3c2O[C@H](CN(C)C(=O)Nc2ccccc2)[C@@H](C)CN([C@H](C)CO)C3=O)n(C)n1. The largest absolute Gasteiger partial charge is 0.485 e. The second-order valence-electron chi connectivity index (χ2n) is 10.2. The Morgan fingerprint density at radius 1 is 1.18 bits per heavy atom. The number of aliphatic hydroxyl groups is 1. The molecular formula is C29H36N6O5. The summed E-state index contributed by atoms with van der Waals surface area (Å²) in [7, 11) is 3.35. The van der Waals surface area contributed by atoms with Crippen LogP contribution in [0.2, 0.25) is 0 Å². The van der Waals surface area contributed by atoms with Gasteiger partial charge in [0.25, 0.3) is 11.8 Å². The van der Waals surface area contributed by atoms with Crippen LogP contribution >= 0.6 is 0 Å². The van der Waals surface area contributed by atoms with Crippen LogP contribution in [0.5, 0.6) is 5.75 Å². The van der Waals surface area contributed by atoms with Crippen LogP contribution in [0.3, 0.4) is 0 Å². The molecule has 2 heterocycles. The average molecular weight is 549 g/mol. The van der Waals surface area contributed by atoms with Crippen molar-refractivity contribution in [3.05, 3.63) is 71.5 Å². The zero-order valence-corrected chi connectivity index (χ0v) is 23.4. The molecule has 1 aliphatic heterocycles. The van der Waals surface area contributed by atoms with Crippen LogP contribution in [0.25, 0.3) is 0 Å². The Kier molecular flexibility index (Phi) is 8.73. The van der Waals surface area contributed by atoms with Crippen LogP contribution in [0.15, 0.2) is 54.6 Å². The number of carbonyl (C=O) groups is 3. The van der Waals surface area contributed by atoms with Gasteiger partial charge in [0, 0.05) is 32.2 Å². The lowest BCUT2D eigenvalue weighted by Crippen LogP contribution is -2.50. The maximum atomic E-state index is 13.7. The Morgan fingerprint density at radius 3 is 2.55 bits per heavy atom. The minimum absolute atomic E-state index is 0.206. The van der Waals surface area contributed by atoms with Crippen molar-refractivity contribution in [3.8, 4) is 5.75 Å². The van der Waals surface area contributed by atoms with E-state index in [1.54, 1.807) is 69.2 Å². The van der Waals surface area contributed by atoms with E-state index in [1.807, 2.05) is 25.1 Å². The number of hydrogen-bond donors (Lipinski definition) is 3. The lowest BCUT2D eigenvalue weighted by atomic mass is 9.99. The number of para-hydroxylation sites is 2. The van der Waals surface area contributed by atoms with Gasteiger partial charge in [-0.3, -0.25) is 14.3 Å². The standard InChI is InChI=1S/C29H36N6O5/c1-18-15-35(20(3)17-36)28(38)22-12-9-13-23(31-27(37)24-14-19(2)32-34(24)5)26(22)40-25(18)16-33(4)29(39)30-21-10-7-6-8-11-21/h6-14,18,20,25,36H,15-17H2,1-5H3,(H,30,39)(H,31,37)/t18-,20+,25+/m0/s1. The highest BCUT2D eigenvalue weighted by molar-refractivity contribution is 6.06. The minimum atomic E-state index is -0.538. The van der Waals surface area contributed by atoms with E-state index >= 15 is 0 Å². The zero-order chi connectivity index (χ0) is 29.0. The van der Waals surface area contributed by atoms with Gasteiger partial charge in [0.05, 0.1) is 36.1 Å². The van der Waals surface area contributed by atoms with Crippen molar-refractivity contribution in [2.75, 3.05) is 37.4 Å². The average Bonchev–Trinajstić information content (AvgIpc) is 3.28. The van der Waals surface area contributed by atoms with Gasteiger partial charge in [-0.05, 0) is 44.2 Å². The fourth-order valence-corrected chi connectivity index (χ4v) is 4.66. The number of hydrogen-bond acceptors (Lipinski definition) is 6. The summed E-state index contributed by atoms with van der Waals surface area (Å²) in [6.45, 7) is 5.81. The number of aliphatic hydroxyl groups excluding tert-OH is 1. The van der Waals surface area contributed by atoms with Crippen molar-refractivity contribution < 1.29 is 24.2 Å². The Morgan fingerprint density at radius 2 is 1.90 bits per heavy atom. The van der Waals surface area contributed by atoms with Crippen LogP contribution in [0.1, 0.15) is 40.4 Å². The molecule has 0 fully saturated rings. The summed E-state index contributed by atoms with van der Waals surface area (Å²) in [5, 5.41) is 19.9. The summed E-state index contributed by atoms with van der Waals surface area (Å²) in [5.74, 6) is -0.728. The molecule has 11 nitrogen and oxygen atoms in total. The highest BCUT2D eigenvalue weighted by atomic mass is 16.5. The summed E-state index contributed by atoms with van der Waals surface area (Å²) in [5.41, 5.74) is 2.29. The predicted octanol–water partition coefficient (Wildman–Crippen LogP) is 3.36. The number of likely N-dealkylation sites (N-methyl/N-ethyl adjacent to an activating group) is 1. The molecule has 1 aromatic heterocycles. The molecule has 0 saturated heterocycles. The van der Waals surface area contributed by atoms with E-state index in [0.717, 1.165) is 0 Å². The van der Waals surface area contributed by atoms with Gasteiger partial charge in [-0.2, -0.15) is 5.10 Å². The fourth-order valence-electron chi connectivity index (χ4n) is 4.66. The predicted molar refractivity (Wildman–Crippen MR) is 152 cm³/mol. The number of rotatable bonds is 7. The van der Waals surface area contributed by atoms with Gasteiger partial charge in [0.2, 0.25) is 0 Å². The number of carbonyl (C=O) groups excluding carboxylic acids is 3. The van der Waals surface area contributed by atoms with Crippen LogP contribution in [-0.2, 0) is 7.05 Å². The maximum Gasteiger partial charge on any atom is 0.321 e. The molecule has 0 aliphatic carbocycles. The number of nitrogens with one attached hydrogen (secondary N) is 2. The molecule has 3 atom stereocenters. The Hall–Kier alpha value is -4.38. The van der Waals surface area contributed by atoms with Gasteiger partial charge in [0.15, 0.2) is 5.75 Å². The quantitative estimate of drug-likeness (QED) is 0.415. The van der Waals surface area contributed by atoms with Gasteiger partial charge < -0.3 is 30.3 Å². The molecule has 4 amide bonds. The molecule has 2 aromatic carbocycles. The molecule has 4 rings (SSSR count). The lowest BCUT2D eigenvalue weighted by Gasteiger charge is -2.38. The number of aryl methyl sites for hydroxylation is 2. The monoisotopic (exact) mass is 548 g/mol. The van der Waals surface area contributed by atoms with E-state index in [4.69, 9.17) is 4.74 Å². The second kappa shape index (κ2) is 12.2. The van der Waals surface area contributed by atoms with Gasteiger partial charge in [0.1, 0.15) is 11.8 Å². The zero-order valence-electron chi connectivity index (χ0n) is 23.4. The first-order valence-electron chi connectivity index (χ1n) is 13.2. The van der Waals surface area contributed by atoms with Gasteiger partial charge in [-0.1, -0.05) is 31.2 Å². The van der Waals surface area contributed by atoms with Crippen molar-refractivity contribution >= 4 is 29.2 Å². The van der Waals surface area contributed by atoms with Crippen molar-refractivity contribution in [1.29, 1.82) is 0 Å². The number of nitrogens with zero attached hydrogens (tertiary/aromatic N) is 4. The van der Waals surface area contributed by atoms with E-state index in [2.05, 4.69) is 15.7 Å². The maximum absolute atomic E-state index is 13.7. The third kappa shape index (κ3) is 6.26. The van der Waals surface area contributed by atoms with Crippen LogP contribution in [0, 0.1) is 12.8 Å². The first-order chi connectivity index (χ1) is 19.1. The van der Waals surface area contributed by atoms with Crippen molar-refractivity contribution in [2.45, 2.75) is 32.9 Å². The molecule has 40 heavy (non-hydrogen) atoms. The van der Waals surface area contributed by atoms with Crippen molar-refractivity contribution in [1.82, 2.24) is 19.6 Å². The van der Waals surface area contributed by atoms with E-state index in [-0.39, 0.29) is 42.3 Å². The first-order valence-corrected chi connectivity index (χ1v) is 13.2. The molecule has 0 spiro atoms. The minimum Gasteiger partial charge on any atom is -0.485 e. The summed E-state index contributed by atoms with van der Waals surface area (Å²) >= 11 is 0. The van der Waals surface area contributed by atoms with Crippen molar-refractivity contribution in [2.24, 2.45) is 13.0 Å². The summed E-state index contributed by atoms with van der Waals surface area (Å²) in [4.78, 5) is 42.9. The smallest absolute Gasteiger partial charge is 0.321 e. The highest BCUT2D eigenvalue weighted by Crippen LogP contribution is 2.35. The Labute approximate surface area is 233 Å². The summed E-state index contributed by atoms with van der Waals surface area (Å²) in [6.07, 6.45) is -0.538. The number of benzene rings is 2. The van der Waals surface area contributed by atoms with E-state index in [1.165, 1.54) is 9.58 Å². The van der Waals surface area contributed by atoms with Crippen LogP contribution in [0.4, 0.5) is 16.2 Å². The first kappa shape index (κ1) is 28.6. The van der Waals surface area contributed by atoms with Gasteiger partial charge in [-0.15, -0.1) is 0 Å². The molecule has 1 aliphatic rings. The number of fused-ring (bicyclic) bond motifs is 1. The van der Waals surface area contributed by atoms with Gasteiger partial charge >= 0.3 is 6.03 Å². The normalized spacial score (nSPS) is 17.6. The molecule has 0 saturated carbocycles. The van der Waals surface area contributed by atoms with Crippen molar-refractivity contribution in [3.63, 3.8) is 0 Å². The molecule has 3 aromatic rings. The number of amides is 4. The molecule has 3 N–H and O–H groups in total. The Balaban J connectivity index is 1.67. The number of ether oxygens (including phenoxy) is 1. The lowest BCUT2D eigenvalue weighted by molar-refractivity contribution is 0.0372. The molecule has 11 heteroatoms. The summed E-state index contributed by atoms with van der Waals surface area (Å²) in [6, 6.07) is 15.0. The molecule has 0 bridgehead atoms. The molecule has 0 unspecified atom stereocenters. The molecule has 0 radical (unpaired) electrons. The fraction of sp³-hybridized carbons (Fsp3) is 0.379. The van der Waals surface area contributed by atoms with E-state index in [0.29, 0.717) is 29.3 Å². The number of aromatic nitrogens is 2. The third-order valence-corrected chi connectivity index (χ3v) is 7.00. The van der Waals surface area contributed by atoms with E-state index in [9.17, 15) is 19.5 Å². The Bertz CT molecular complexity index is 1370. The van der Waals surface area contributed by atoms with Gasteiger partial charge in [-0.25, -0.2) is 4.79 Å². The molecular weight excluding hydrogens is 512 g/mol. The van der Waals surface area contributed by atoms with Crippen LogP contribution < -0.4 is 15.4 Å².